The first kappa shape index (κ1) is 39.4. The number of aromatic nitrogens is 5. The van der Waals surface area contributed by atoms with Gasteiger partial charge in [0.15, 0.2) is 17.5 Å². The van der Waals surface area contributed by atoms with E-state index in [-0.39, 0.29) is 5.41 Å². The Hall–Kier alpha value is -8.15. The number of benzene rings is 8. The molecule has 3 aromatic heterocycles. The SMILES string of the molecule is CC(C)(C)c1ccc(-n2c3c(c4ccc(-c5ccc(-n6c7ccccc7c7cc(-c8cccc(-c9nc(-c%10ccccc%10)nc(-c%10ccccc%10)n9)c8)ccc76)cc5)cc42)C=CCC3)cc1. The predicted molar refractivity (Wildman–Crippen MR) is 274 cm³/mol. The summed E-state index contributed by atoms with van der Waals surface area (Å²) >= 11 is 0. The van der Waals surface area contributed by atoms with Crippen LogP contribution < -0.4 is 0 Å². The third-order valence-corrected chi connectivity index (χ3v) is 13.2. The first-order valence-electron chi connectivity index (χ1n) is 22.9. The van der Waals surface area contributed by atoms with Crippen molar-refractivity contribution in [2.75, 3.05) is 0 Å². The van der Waals surface area contributed by atoms with E-state index in [0.717, 1.165) is 51.9 Å². The van der Waals surface area contributed by atoms with E-state index in [1.165, 1.54) is 60.8 Å². The quantitative estimate of drug-likeness (QED) is 0.160. The van der Waals surface area contributed by atoms with Gasteiger partial charge in [-0.15, -0.1) is 0 Å². The highest BCUT2D eigenvalue weighted by Gasteiger charge is 2.21. The minimum Gasteiger partial charge on any atom is -0.313 e. The third kappa shape index (κ3) is 6.92. The molecule has 1 aliphatic rings. The van der Waals surface area contributed by atoms with Crippen LogP contribution in [0.1, 0.15) is 44.0 Å². The van der Waals surface area contributed by atoms with Gasteiger partial charge in [0.1, 0.15) is 0 Å². The molecule has 0 radical (unpaired) electrons. The van der Waals surface area contributed by atoms with E-state index in [1.54, 1.807) is 0 Å². The van der Waals surface area contributed by atoms with Crippen LogP contribution in [0, 0.1) is 0 Å². The molecule has 0 amide bonds. The summed E-state index contributed by atoms with van der Waals surface area (Å²) in [6, 6.07) is 69.6. The van der Waals surface area contributed by atoms with Gasteiger partial charge in [-0.3, -0.25) is 0 Å². The summed E-state index contributed by atoms with van der Waals surface area (Å²) < 4.78 is 4.89. The van der Waals surface area contributed by atoms with E-state index in [2.05, 4.69) is 176 Å². The number of hydrogen-bond donors (Lipinski definition) is 0. The Morgan fingerprint density at radius 2 is 0.939 bits per heavy atom. The molecule has 12 rings (SSSR count). The Morgan fingerprint density at radius 3 is 1.65 bits per heavy atom. The minimum absolute atomic E-state index is 0.105. The average Bonchev–Trinajstić information content (AvgIpc) is 3.89. The van der Waals surface area contributed by atoms with Crippen molar-refractivity contribution in [3.05, 3.63) is 217 Å². The first-order chi connectivity index (χ1) is 32.3. The molecule has 0 saturated carbocycles. The lowest BCUT2D eigenvalue weighted by molar-refractivity contribution is 0.590. The van der Waals surface area contributed by atoms with Crippen molar-refractivity contribution in [2.24, 2.45) is 0 Å². The van der Waals surface area contributed by atoms with Crippen molar-refractivity contribution in [2.45, 2.75) is 39.0 Å². The van der Waals surface area contributed by atoms with Crippen LogP contribution in [0.4, 0.5) is 0 Å². The molecular weight excluding hydrogens is 803 g/mol. The second-order valence-corrected chi connectivity index (χ2v) is 18.4. The summed E-state index contributed by atoms with van der Waals surface area (Å²) in [5, 5.41) is 3.72. The van der Waals surface area contributed by atoms with Gasteiger partial charge in [0.25, 0.3) is 0 Å². The van der Waals surface area contributed by atoms with Crippen molar-refractivity contribution in [1.82, 2.24) is 24.1 Å². The lowest BCUT2D eigenvalue weighted by Gasteiger charge is -2.20. The van der Waals surface area contributed by atoms with Gasteiger partial charge < -0.3 is 9.13 Å². The van der Waals surface area contributed by atoms with Crippen molar-refractivity contribution >= 4 is 38.8 Å². The van der Waals surface area contributed by atoms with Gasteiger partial charge >= 0.3 is 0 Å². The van der Waals surface area contributed by atoms with Crippen LogP contribution in [-0.2, 0) is 11.8 Å². The molecule has 0 spiro atoms. The van der Waals surface area contributed by atoms with Crippen molar-refractivity contribution in [1.29, 1.82) is 0 Å². The lowest BCUT2D eigenvalue weighted by atomic mass is 9.87. The second-order valence-electron chi connectivity index (χ2n) is 18.4. The fraction of sp³-hybridized carbons (Fsp3) is 0.0984. The summed E-state index contributed by atoms with van der Waals surface area (Å²) in [7, 11) is 0. The fourth-order valence-corrected chi connectivity index (χ4v) is 9.81. The van der Waals surface area contributed by atoms with Gasteiger partial charge in [-0.1, -0.05) is 172 Å². The number of allylic oxidation sites excluding steroid dienone is 1. The summed E-state index contributed by atoms with van der Waals surface area (Å²) in [6.45, 7) is 6.83. The van der Waals surface area contributed by atoms with Gasteiger partial charge in [0, 0.05) is 55.5 Å². The smallest absolute Gasteiger partial charge is 0.164 e. The van der Waals surface area contributed by atoms with Crippen LogP contribution in [0.5, 0.6) is 0 Å². The Kier molecular flexibility index (Phi) is 9.46. The molecule has 0 N–H and O–H groups in total. The lowest BCUT2D eigenvalue weighted by Crippen LogP contribution is -2.11. The molecule has 11 aromatic rings. The van der Waals surface area contributed by atoms with Crippen LogP contribution in [0.25, 0.3) is 107 Å². The van der Waals surface area contributed by atoms with Crippen LogP contribution in [0.3, 0.4) is 0 Å². The fourth-order valence-electron chi connectivity index (χ4n) is 9.81. The van der Waals surface area contributed by atoms with E-state index in [9.17, 15) is 0 Å². The zero-order chi connectivity index (χ0) is 44.4. The maximum atomic E-state index is 5.01. The molecule has 0 fully saturated rings. The van der Waals surface area contributed by atoms with E-state index in [1.807, 2.05) is 60.7 Å². The summed E-state index contributed by atoms with van der Waals surface area (Å²) in [5.74, 6) is 1.94. The minimum atomic E-state index is 0.105. The van der Waals surface area contributed by atoms with Gasteiger partial charge in [0.2, 0.25) is 0 Å². The summed E-state index contributed by atoms with van der Waals surface area (Å²) in [5.41, 5.74) is 17.6. The van der Waals surface area contributed by atoms with E-state index >= 15 is 0 Å². The average molecular weight is 850 g/mol. The Labute approximate surface area is 385 Å². The molecule has 0 atom stereocenters. The van der Waals surface area contributed by atoms with Crippen LogP contribution in [0.15, 0.2) is 200 Å². The molecule has 0 aliphatic heterocycles. The maximum Gasteiger partial charge on any atom is 0.164 e. The zero-order valence-corrected chi connectivity index (χ0v) is 37.3. The topological polar surface area (TPSA) is 48.5 Å². The van der Waals surface area contributed by atoms with E-state index in [4.69, 9.17) is 15.0 Å². The molecule has 8 aromatic carbocycles. The third-order valence-electron chi connectivity index (χ3n) is 13.2. The van der Waals surface area contributed by atoms with Crippen molar-refractivity contribution in [3.63, 3.8) is 0 Å². The molecular formula is C61H47N5. The number of hydrogen-bond acceptors (Lipinski definition) is 3. The molecule has 0 unspecified atom stereocenters. The molecule has 66 heavy (non-hydrogen) atoms. The number of nitrogens with zero attached hydrogens (tertiary/aromatic N) is 5. The zero-order valence-electron chi connectivity index (χ0n) is 37.3. The van der Waals surface area contributed by atoms with Gasteiger partial charge in [0.05, 0.1) is 16.6 Å². The van der Waals surface area contributed by atoms with E-state index in [0.29, 0.717) is 17.5 Å². The second kappa shape index (κ2) is 15.8. The summed E-state index contributed by atoms with van der Waals surface area (Å²) in [4.78, 5) is 14.9. The highest BCUT2D eigenvalue weighted by Crippen LogP contribution is 2.39. The van der Waals surface area contributed by atoms with Crippen molar-refractivity contribution in [3.8, 4) is 67.8 Å². The molecule has 5 nitrogen and oxygen atoms in total. The molecule has 316 valence electrons. The standard InChI is InChI=1S/C61H47N5/c1-61(2,3)47-29-33-49(34-30-47)66-54-23-12-10-21-50(54)52-35-27-45(39-57(52)66)40-25-31-48(32-26-40)65-55-24-13-11-22-51(55)53-38-44(28-36-56(53)65)43-19-14-20-46(37-43)60-63-58(41-15-6-4-7-16-41)62-59(64-60)42-17-8-5-9-18-42/h4-11,13-22,24-39H,12,23H2,1-3H3. The Bertz CT molecular complexity index is 3590. The monoisotopic (exact) mass is 849 g/mol. The largest absolute Gasteiger partial charge is 0.313 e. The van der Waals surface area contributed by atoms with Gasteiger partial charge in [-0.2, -0.15) is 0 Å². The molecule has 0 bridgehead atoms. The summed E-state index contributed by atoms with van der Waals surface area (Å²) in [6.07, 6.45) is 6.73. The highest BCUT2D eigenvalue weighted by molar-refractivity contribution is 6.10. The normalized spacial score (nSPS) is 12.6. The van der Waals surface area contributed by atoms with Gasteiger partial charge in [-0.25, -0.2) is 15.0 Å². The molecule has 3 heterocycles. The molecule has 1 aliphatic carbocycles. The first-order valence-corrected chi connectivity index (χ1v) is 22.9. The van der Waals surface area contributed by atoms with E-state index < -0.39 is 0 Å². The predicted octanol–water partition coefficient (Wildman–Crippen LogP) is 15.5. The number of fused-ring (bicyclic) bond motifs is 6. The Morgan fingerprint density at radius 1 is 0.394 bits per heavy atom. The number of rotatable bonds is 7. The molecule has 0 saturated heterocycles. The van der Waals surface area contributed by atoms with Crippen LogP contribution >= 0.6 is 0 Å². The molecule has 5 heteroatoms. The van der Waals surface area contributed by atoms with Crippen molar-refractivity contribution < 1.29 is 0 Å². The Balaban J connectivity index is 0.905. The van der Waals surface area contributed by atoms with Crippen LogP contribution in [-0.4, -0.2) is 24.1 Å². The maximum absolute atomic E-state index is 5.01. The van der Waals surface area contributed by atoms with Gasteiger partial charge in [-0.05, 0) is 101 Å². The van der Waals surface area contributed by atoms with Crippen LogP contribution in [0.2, 0.25) is 0 Å². The number of para-hydroxylation sites is 1. The highest BCUT2D eigenvalue weighted by atomic mass is 15.0.